The highest BCUT2D eigenvalue weighted by Crippen LogP contribution is 2.29. The minimum absolute atomic E-state index is 0.500. The van der Waals surface area contributed by atoms with E-state index >= 15 is 0 Å². The molecule has 1 aromatic rings. The number of hydrogen-bond acceptors (Lipinski definition) is 3. The van der Waals surface area contributed by atoms with E-state index < -0.39 is 0 Å². The summed E-state index contributed by atoms with van der Waals surface area (Å²) in [5.41, 5.74) is 1.72. The molecule has 84 valence electrons. The molecule has 0 aromatic carbocycles. The first-order valence-electron chi connectivity index (χ1n) is 5.83. The zero-order valence-corrected chi connectivity index (χ0v) is 9.85. The summed E-state index contributed by atoms with van der Waals surface area (Å²) in [6.45, 7) is 5.55. The summed E-state index contributed by atoms with van der Waals surface area (Å²) in [5, 5.41) is 9.08. The van der Waals surface area contributed by atoms with Gasteiger partial charge in [0.1, 0.15) is 6.07 Å². The van der Waals surface area contributed by atoms with Gasteiger partial charge < -0.3 is 4.90 Å². The average Bonchev–Trinajstić information content (AvgIpc) is 2.29. The SMILES string of the molecule is CC1CCN(c2cnccc2C#N)C(C)C1. The van der Waals surface area contributed by atoms with Crippen molar-refractivity contribution in [3.8, 4) is 6.07 Å². The summed E-state index contributed by atoms with van der Waals surface area (Å²) in [7, 11) is 0. The first-order chi connectivity index (χ1) is 7.72. The van der Waals surface area contributed by atoms with Crippen LogP contribution in [0, 0.1) is 17.2 Å². The third kappa shape index (κ3) is 2.01. The largest absolute Gasteiger partial charge is 0.366 e. The maximum atomic E-state index is 9.08. The lowest BCUT2D eigenvalue weighted by Gasteiger charge is -2.38. The van der Waals surface area contributed by atoms with Crippen molar-refractivity contribution in [1.29, 1.82) is 5.26 Å². The molecule has 3 nitrogen and oxygen atoms in total. The predicted octanol–water partition coefficient (Wildman–Crippen LogP) is 2.58. The molecule has 0 bridgehead atoms. The van der Waals surface area contributed by atoms with E-state index in [1.807, 2.05) is 6.20 Å². The molecule has 1 aliphatic rings. The van der Waals surface area contributed by atoms with Gasteiger partial charge in [0.15, 0.2) is 0 Å². The first kappa shape index (κ1) is 10.9. The first-order valence-corrected chi connectivity index (χ1v) is 5.83. The Morgan fingerprint density at radius 3 is 3.00 bits per heavy atom. The highest BCUT2D eigenvalue weighted by Gasteiger charge is 2.24. The number of anilines is 1. The van der Waals surface area contributed by atoms with Crippen LogP contribution in [0.5, 0.6) is 0 Å². The summed E-state index contributed by atoms with van der Waals surface area (Å²) in [6, 6.07) is 4.53. The van der Waals surface area contributed by atoms with E-state index in [4.69, 9.17) is 5.26 Å². The van der Waals surface area contributed by atoms with Crippen molar-refractivity contribution >= 4 is 5.69 Å². The Balaban J connectivity index is 2.27. The number of rotatable bonds is 1. The zero-order chi connectivity index (χ0) is 11.5. The number of hydrogen-bond donors (Lipinski definition) is 0. The van der Waals surface area contributed by atoms with E-state index in [0.717, 1.165) is 23.7 Å². The lowest BCUT2D eigenvalue weighted by Crippen LogP contribution is -2.40. The second-order valence-corrected chi connectivity index (χ2v) is 4.68. The molecule has 0 saturated carbocycles. The van der Waals surface area contributed by atoms with Crippen LogP contribution in [0.2, 0.25) is 0 Å². The quantitative estimate of drug-likeness (QED) is 0.723. The molecule has 2 rings (SSSR count). The van der Waals surface area contributed by atoms with Crippen LogP contribution in [0.1, 0.15) is 32.3 Å². The third-order valence-corrected chi connectivity index (χ3v) is 3.37. The van der Waals surface area contributed by atoms with Crippen molar-refractivity contribution < 1.29 is 0 Å². The van der Waals surface area contributed by atoms with Crippen molar-refractivity contribution in [3.63, 3.8) is 0 Å². The fraction of sp³-hybridized carbons (Fsp3) is 0.538. The van der Waals surface area contributed by atoms with Crippen molar-refractivity contribution in [2.24, 2.45) is 5.92 Å². The van der Waals surface area contributed by atoms with Gasteiger partial charge in [-0.05, 0) is 31.7 Å². The Bertz CT molecular complexity index is 408. The summed E-state index contributed by atoms with van der Waals surface area (Å²) < 4.78 is 0. The lowest BCUT2D eigenvalue weighted by molar-refractivity contribution is 0.377. The van der Waals surface area contributed by atoms with Gasteiger partial charge in [-0.1, -0.05) is 6.92 Å². The normalized spacial score (nSPS) is 25.2. The van der Waals surface area contributed by atoms with Gasteiger partial charge >= 0.3 is 0 Å². The Labute approximate surface area is 96.7 Å². The van der Waals surface area contributed by atoms with Crippen LogP contribution in [-0.2, 0) is 0 Å². The van der Waals surface area contributed by atoms with Gasteiger partial charge in [-0.2, -0.15) is 5.26 Å². The van der Waals surface area contributed by atoms with Gasteiger partial charge in [0.25, 0.3) is 0 Å². The number of pyridine rings is 1. The molecule has 16 heavy (non-hydrogen) atoms. The fourth-order valence-corrected chi connectivity index (χ4v) is 2.47. The summed E-state index contributed by atoms with van der Waals surface area (Å²) >= 11 is 0. The fourth-order valence-electron chi connectivity index (χ4n) is 2.47. The summed E-state index contributed by atoms with van der Waals surface area (Å²) in [6.07, 6.45) is 5.88. The molecule has 1 aromatic heterocycles. The average molecular weight is 215 g/mol. The maximum absolute atomic E-state index is 9.08. The van der Waals surface area contributed by atoms with Gasteiger partial charge in [0, 0.05) is 18.8 Å². The topological polar surface area (TPSA) is 39.9 Å². The summed E-state index contributed by atoms with van der Waals surface area (Å²) in [5.74, 6) is 0.786. The van der Waals surface area contributed by atoms with Gasteiger partial charge in [-0.3, -0.25) is 4.98 Å². The Morgan fingerprint density at radius 1 is 1.50 bits per heavy atom. The molecule has 0 aliphatic carbocycles. The second-order valence-electron chi connectivity index (χ2n) is 4.68. The van der Waals surface area contributed by atoms with E-state index in [1.54, 1.807) is 12.3 Å². The Kier molecular flexibility index (Phi) is 3.09. The molecule has 1 aliphatic heterocycles. The highest BCUT2D eigenvalue weighted by atomic mass is 15.2. The minimum Gasteiger partial charge on any atom is -0.366 e. The molecular weight excluding hydrogens is 198 g/mol. The molecule has 0 spiro atoms. The van der Waals surface area contributed by atoms with Crippen LogP contribution >= 0.6 is 0 Å². The van der Waals surface area contributed by atoms with Crippen molar-refractivity contribution in [3.05, 3.63) is 24.0 Å². The number of piperidine rings is 1. The van der Waals surface area contributed by atoms with E-state index in [0.29, 0.717) is 6.04 Å². The van der Waals surface area contributed by atoms with E-state index in [1.165, 1.54) is 12.8 Å². The van der Waals surface area contributed by atoms with Gasteiger partial charge in [0.05, 0.1) is 17.4 Å². The molecule has 3 heteroatoms. The van der Waals surface area contributed by atoms with Crippen LogP contribution in [0.25, 0.3) is 0 Å². The molecule has 2 heterocycles. The molecule has 1 saturated heterocycles. The Hall–Kier alpha value is -1.56. The monoisotopic (exact) mass is 215 g/mol. The molecule has 0 N–H and O–H groups in total. The van der Waals surface area contributed by atoms with E-state index in [2.05, 4.69) is 29.8 Å². The standard InChI is InChI=1S/C13H17N3/c1-10-4-6-16(11(2)7-10)13-9-15-5-3-12(13)8-14/h3,5,9-11H,4,6-7H2,1-2H3. The van der Waals surface area contributed by atoms with Gasteiger partial charge in [0.2, 0.25) is 0 Å². The van der Waals surface area contributed by atoms with Crippen molar-refractivity contribution in [2.45, 2.75) is 32.7 Å². The van der Waals surface area contributed by atoms with Crippen molar-refractivity contribution in [1.82, 2.24) is 4.98 Å². The minimum atomic E-state index is 0.500. The van der Waals surface area contributed by atoms with Gasteiger partial charge in [-0.25, -0.2) is 0 Å². The van der Waals surface area contributed by atoms with Crippen LogP contribution in [0.4, 0.5) is 5.69 Å². The van der Waals surface area contributed by atoms with E-state index in [-0.39, 0.29) is 0 Å². The van der Waals surface area contributed by atoms with Crippen LogP contribution in [-0.4, -0.2) is 17.6 Å². The predicted molar refractivity (Wildman–Crippen MR) is 64.2 cm³/mol. The third-order valence-electron chi connectivity index (χ3n) is 3.37. The molecule has 0 radical (unpaired) electrons. The highest BCUT2D eigenvalue weighted by molar-refractivity contribution is 5.58. The van der Waals surface area contributed by atoms with Crippen LogP contribution in [0.3, 0.4) is 0 Å². The molecule has 0 amide bonds. The molecule has 1 fully saturated rings. The Morgan fingerprint density at radius 2 is 2.31 bits per heavy atom. The lowest BCUT2D eigenvalue weighted by atomic mass is 9.93. The van der Waals surface area contributed by atoms with E-state index in [9.17, 15) is 0 Å². The number of nitrogens with zero attached hydrogens (tertiary/aromatic N) is 3. The van der Waals surface area contributed by atoms with Crippen LogP contribution in [0.15, 0.2) is 18.5 Å². The smallest absolute Gasteiger partial charge is 0.101 e. The molecular formula is C13H17N3. The second kappa shape index (κ2) is 4.52. The maximum Gasteiger partial charge on any atom is 0.101 e. The van der Waals surface area contributed by atoms with Crippen molar-refractivity contribution in [2.75, 3.05) is 11.4 Å². The molecule has 2 atom stereocenters. The number of nitriles is 1. The zero-order valence-electron chi connectivity index (χ0n) is 9.85. The number of aromatic nitrogens is 1. The van der Waals surface area contributed by atoms with Crippen LogP contribution < -0.4 is 4.90 Å². The summed E-state index contributed by atoms with van der Waals surface area (Å²) in [4.78, 5) is 6.44. The molecule has 2 unspecified atom stereocenters. The van der Waals surface area contributed by atoms with Gasteiger partial charge in [-0.15, -0.1) is 0 Å².